The summed E-state index contributed by atoms with van der Waals surface area (Å²) in [5.74, 6) is 0. The van der Waals surface area contributed by atoms with Gasteiger partial charge in [-0.2, -0.15) is 0 Å². The average Bonchev–Trinajstić information content (AvgIpc) is 2.47. The standard InChI is InChI=1S/C17H22N2O2/c1-13(10-12-20)19-17(21)18-11-9-15-7-4-6-14-5-2-3-8-16(14)15/h2-8,13,20H,9-12H2,1H3,(H2,18,19,21)/t13-/m1/s1. The highest BCUT2D eigenvalue weighted by Gasteiger charge is 2.06. The first-order valence-corrected chi connectivity index (χ1v) is 7.32. The van der Waals surface area contributed by atoms with Crippen molar-refractivity contribution in [2.75, 3.05) is 13.2 Å². The zero-order valence-corrected chi connectivity index (χ0v) is 12.3. The minimum atomic E-state index is -0.184. The van der Waals surface area contributed by atoms with Crippen LogP contribution in [0.1, 0.15) is 18.9 Å². The predicted molar refractivity (Wildman–Crippen MR) is 85.4 cm³/mol. The molecule has 4 heteroatoms. The molecule has 0 heterocycles. The molecule has 0 fully saturated rings. The van der Waals surface area contributed by atoms with Crippen molar-refractivity contribution in [3.05, 3.63) is 48.0 Å². The van der Waals surface area contributed by atoms with Crippen LogP contribution in [0.2, 0.25) is 0 Å². The van der Waals surface area contributed by atoms with Gasteiger partial charge in [-0.05, 0) is 36.1 Å². The van der Waals surface area contributed by atoms with Crippen LogP contribution in [0, 0.1) is 0 Å². The molecule has 0 saturated heterocycles. The molecule has 4 nitrogen and oxygen atoms in total. The summed E-state index contributed by atoms with van der Waals surface area (Å²) in [5.41, 5.74) is 1.23. The Bertz CT molecular complexity index is 593. The maximum Gasteiger partial charge on any atom is 0.315 e. The quantitative estimate of drug-likeness (QED) is 0.764. The maximum absolute atomic E-state index is 11.7. The van der Waals surface area contributed by atoms with Gasteiger partial charge in [0, 0.05) is 19.2 Å². The summed E-state index contributed by atoms with van der Waals surface area (Å²) in [4.78, 5) is 11.7. The lowest BCUT2D eigenvalue weighted by molar-refractivity contribution is 0.231. The molecular formula is C17H22N2O2. The van der Waals surface area contributed by atoms with E-state index in [0.29, 0.717) is 13.0 Å². The van der Waals surface area contributed by atoms with Crippen molar-refractivity contribution in [1.82, 2.24) is 10.6 Å². The van der Waals surface area contributed by atoms with E-state index in [-0.39, 0.29) is 18.7 Å². The number of nitrogens with one attached hydrogen (secondary N) is 2. The summed E-state index contributed by atoms with van der Waals surface area (Å²) in [7, 11) is 0. The fourth-order valence-electron chi connectivity index (χ4n) is 2.36. The first-order chi connectivity index (χ1) is 10.2. The van der Waals surface area contributed by atoms with E-state index in [0.717, 1.165) is 6.42 Å². The smallest absolute Gasteiger partial charge is 0.315 e. The van der Waals surface area contributed by atoms with Crippen LogP contribution in [0.5, 0.6) is 0 Å². The van der Waals surface area contributed by atoms with E-state index in [9.17, 15) is 4.79 Å². The van der Waals surface area contributed by atoms with Crippen LogP contribution in [0.25, 0.3) is 10.8 Å². The number of amides is 2. The van der Waals surface area contributed by atoms with Crippen molar-refractivity contribution < 1.29 is 9.90 Å². The molecule has 0 spiro atoms. The molecule has 0 radical (unpaired) electrons. The Hall–Kier alpha value is -2.07. The topological polar surface area (TPSA) is 61.4 Å². The predicted octanol–water partition coefficient (Wildman–Crippen LogP) is 2.45. The molecule has 2 rings (SSSR count). The van der Waals surface area contributed by atoms with E-state index in [4.69, 9.17) is 5.11 Å². The van der Waals surface area contributed by atoms with Gasteiger partial charge in [0.2, 0.25) is 0 Å². The number of carbonyl (C=O) groups is 1. The Labute approximate surface area is 125 Å². The van der Waals surface area contributed by atoms with Crippen molar-refractivity contribution in [2.24, 2.45) is 0 Å². The van der Waals surface area contributed by atoms with E-state index in [1.54, 1.807) is 0 Å². The lowest BCUT2D eigenvalue weighted by atomic mass is 10.0. The van der Waals surface area contributed by atoms with E-state index in [1.807, 2.05) is 25.1 Å². The number of hydrogen-bond acceptors (Lipinski definition) is 2. The molecule has 0 aliphatic rings. The number of hydrogen-bond donors (Lipinski definition) is 3. The fraction of sp³-hybridized carbons (Fsp3) is 0.353. The zero-order valence-electron chi connectivity index (χ0n) is 12.3. The van der Waals surface area contributed by atoms with E-state index >= 15 is 0 Å². The minimum Gasteiger partial charge on any atom is -0.396 e. The highest BCUT2D eigenvalue weighted by Crippen LogP contribution is 2.18. The van der Waals surface area contributed by atoms with Gasteiger partial charge in [-0.3, -0.25) is 0 Å². The number of carbonyl (C=O) groups excluding carboxylic acids is 1. The second kappa shape index (κ2) is 7.64. The second-order valence-corrected chi connectivity index (χ2v) is 5.20. The van der Waals surface area contributed by atoms with E-state index in [1.165, 1.54) is 16.3 Å². The third kappa shape index (κ3) is 4.46. The summed E-state index contributed by atoms with van der Waals surface area (Å²) in [6.07, 6.45) is 1.36. The molecule has 112 valence electrons. The third-order valence-corrected chi connectivity index (χ3v) is 3.50. The SMILES string of the molecule is C[C@H](CCO)NC(=O)NCCc1cccc2ccccc12. The molecule has 2 aromatic carbocycles. The van der Waals surface area contributed by atoms with Crippen LogP contribution in [-0.2, 0) is 6.42 Å². The number of fused-ring (bicyclic) bond motifs is 1. The van der Waals surface area contributed by atoms with Crippen LogP contribution in [0.4, 0.5) is 4.79 Å². The first-order valence-electron chi connectivity index (χ1n) is 7.32. The molecule has 0 unspecified atom stereocenters. The fourth-order valence-corrected chi connectivity index (χ4v) is 2.36. The number of urea groups is 1. The lowest BCUT2D eigenvalue weighted by Gasteiger charge is -2.13. The van der Waals surface area contributed by atoms with Crippen LogP contribution in [-0.4, -0.2) is 30.3 Å². The summed E-state index contributed by atoms with van der Waals surface area (Å²) >= 11 is 0. The van der Waals surface area contributed by atoms with Gasteiger partial charge in [0.25, 0.3) is 0 Å². The molecule has 3 N–H and O–H groups in total. The molecule has 0 saturated carbocycles. The Morgan fingerprint density at radius 1 is 1.19 bits per heavy atom. The van der Waals surface area contributed by atoms with E-state index in [2.05, 4.69) is 34.9 Å². The Kier molecular flexibility index (Phi) is 5.58. The van der Waals surface area contributed by atoms with Crippen LogP contribution in [0.15, 0.2) is 42.5 Å². The molecule has 2 aromatic rings. The molecule has 0 aromatic heterocycles. The largest absolute Gasteiger partial charge is 0.396 e. The van der Waals surface area contributed by atoms with Gasteiger partial charge in [-0.15, -0.1) is 0 Å². The summed E-state index contributed by atoms with van der Waals surface area (Å²) in [5, 5.41) is 16.9. The number of aliphatic hydroxyl groups excluding tert-OH is 1. The Morgan fingerprint density at radius 3 is 2.76 bits per heavy atom. The normalized spacial score (nSPS) is 12.1. The number of rotatable bonds is 6. The average molecular weight is 286 g/mol. The summed E-state index contributed by atoms with van der Waals surface area (Å²) < 4.78 is 0. The minimum absolute atomic E-state index is 0.0208. The summed E-state index contributed by atoms with van der Waals surface area (Å²) in [6, 6.07) is 14.3. The molecule has 1 atom stereocenters. The van der Waals surface area contributed by atoms with Crippen molar-refractivity contribution in [2.45, 2.75) is 25.8 Å². The highest BCUT2D eigenvalue weighted by molar-refractivity contribution is 5.85. The lowest BCUT2D eigenvalue weighted by Crippen LogP contribution is -2.41. The van der Waals surface area contributed by atoms with Gasteiger partial charge in [0.05, 0.1) is 0 Å². The second-order valence-electron chi connectivity index (χ2n) is 5.20. The van der Waals surface area contributed by atoms with Crippen LogP contribution < -0.4 is 10.6 Å². The van der Waals surface area contributed by atoms with Crippen LogP contribution >= 0.6 is 0 Å². The molecule has 0 bridgehead atoms. The van der Waals surface area contributed by atoms with E-state index < -0.39 is 0 Å². The van der Waals surface area contributed by atoms with Gasteiger partial charge in [-0.25, -0.2) is 4.79 Å². The zero-order chi connectivity index (χ0) is 15.1. The van der Waals surface area contributed by atoms with Gasteiger partial charge >= 0.3 is 6.03 Å². The van der Waals surface area contributed by atoms with Gasteiger partial charge < -0.3 is 15.7 Å². The number of benzene rings is 2. The Balaban J connectivity index is 1.86. The molecular weight excluding hydrogens is 264 g/mol. The van der Waals surface area contributed by atoms with Gasteiger partial charge in [0.1, 0.15) is 0 Å². The third-order valence-electron chi connectivity index (χ3n) is 3.50. The van der Waals surface area contributed by atoms with Crippen molar-refractivity contribution in [3.63, 3.8) is 0 Å². The molecule has 2 amide bonds. The monoisotopic (exact) mass is 286 g/mol. The van der Waals surface area contributed by atoms with Gasteiger partial charge in [-0.1, -0.05) is 42.5 Å². The number of aliphatic hydroxyl groups is 1. The van der Waals surface area contributed by atoms with Crippen molar-refractivity contribution >= 4 is 16.8 Å². The van der Waals surface area contributed by atoms with Crippen molar-refractivity contribution in [1.29, 1.82) is 0 Å². The molecule has 0 aliphatic heterocycles. The first kappa shape index (κ1) is 15.3. The highest BCUT2D eigenvalue weighted by atomic mass is 16.3. The van der Waals surface area contributed by atoms with Gasteiger partial charge in [0.15, 0.2) is 0 Å². The summed E-state index contributed by atoms with van der Waals surface area (Å²) in [6.45, 7) is 2.55. The van der Waals surface area contributed by atoms with Crippen molar-refractivity contribution in [3.8, 4) is 0 Å². The van der Waals surface area contributed by atoms with Crippen LogP contribution in [0.3, 0.4) is 0 Å². The maximum atomic E-state index is 11.7. The molecule has 0 aliphatic carbocycles. The molecule has 21 heavy (non-hydrogen) atoms. The Morgan fingerprint density at radius 2 is 1.95 bits per heavy atom.